The Bertz CT molecular complexity index is 804. The van der Waals surface area contributed by atoms with Gasteiger partial charge in [0.2, 0.25) is 0 Å². The van der Waals surface area contributed by atoms with Gasteiger partial charge in [-0.3, -0.25) is 4.99 Å². The third-order valence-corrected chi connectivity index (χ3v) is 3.32. The van der Waals surface area contributed by atoms with Gasteiger partial charge in [-0.25, -0.2) is 9.59 Å². The van der Waals surface area contributed by atoms with Gasteiger partial charge in [0, 0.05) is 6.21 Å². The molecule has 0 aromatic heterocycles. The minimum Gasteiger partial charge on any atom is -0.480 e. The average molecular weight is 362 g/mol. The Hall–Kier alpha value is -2.86. The molecule has 0 saturated heterocycles. The van der Waals surface area contributed by atoms with Crippen LogP contribution < -0.4 is 4.74 Å². The summed E-state index contributed by atoms with van der Waals surface area (Å²) in [6, 6.07) is 11.6. The normalized spacial score (nSPS) is 10.6. The molecule has 1 N–H and O–H groups in total. The molecule has 0 amide bonds. The Labute approximate surface area is 149 Å². The highest BCUT2D eigenvalue weighted by atomic mass is 35.5. The first-order valence-corrected chi connectivity index (χ1v) is 7.82. The van der Waals surface area contributed by atoms with Crippen molar-refractivity contribution in [2.45, 2.75) is 6.92 Å². The van der Waals surface area contributed by atoms with E-state index in [1.54, 1.807) is 55.6 Å². The lowest BCUT2D eigenvalue weighted by molar-refractivity contribution is -0.139. The zero-order chi connectivity index (χ0) is 18.2. The molecule has 0 aliphatic heterocycles. The first kappa shape index (κ1) is 18.5. The number of carbonyl (C=O) groups excluding carboxylic acids is 1. The topological polar surface area (TPSA) is 85.2 Å². The molecule has 2 aromatic rings. The second-order valence-electron chi connectivity index (χ2n) is 4.90. The zero-order valence-electron chi connectivity index (χ0n) is 13.4. The van der Waals surface area contributed by atoms with Crippen LogP contribution in [0, 0.1) is 0 Å². The van der Waals surface area contributed by atoms with E-state index in [4.69, 9.17) is 26.2 Å². The number of aliphatic imine (C=N–C) groups is 1. The van der Waals surface area contributed by atoms with Crippen molar-refractivity contribution in [1.29, 1.82) is 0 Å². The van der Waals surface area contributed by atoms with Crippen molar-refractivity contribution in [2.75, 3.05) is 13.2 Å². The molecular formula is C18H16ClNO5. The van der Waals surface area contributed by atoms with E-state index < -0.39 is 18.5 Å². The van der Waals surface area contributed by atoms with Crippen molar-refractivity contribution >= 4 is 35.4 Å². The number of rotatable bonds is 7. The van der Waals surface area contributed by atoms with Crippen LogP contribution in [0.25, 0.3) is 0 Å². The monoisotopic (exact) mass is 361 g/mol. The van der Waals surface area contributed by atoms with E-state index in [9.17, 15) is 9.59 Å². The van der Waals surface area contributed by atoms with Crippen LogP contribution in [-0.2, 0) is 9.53 Å². The van der Waals surface area contributed by atoms with Crippen LogP contribution in [0.2, 0.25) is 5.02 Å². The van der Waals surface area contributed by atoms with Crippen LogP contribution in [-0.4, -0.2) is 36.5 Å². The molecule has 0 fully saturated rings. The minimum atomic E-state index is -1.08. The van der Waals surface area contributed by atoms with Crippen LogP contribution in [0.1, 0.15) is 22.8 Å². The van der Waals surface area contributed by atoms with Gasteiger partial charge in [0.05, 0.1) is 22.9 Å². The zero-order valence-corrected chi connectivity index (χ0v) is 14.2. The first-order chi connectivity index (χ1) is 12.0. The number of carboxylic acid groups (broad SMARTS) is 1. The van der Waals surface area contributed by atoms with Crippen molar-refractivity contribution in [3.8, 4) is 5.75 Å². The molecule has 0 bridgehead atoms. The summed E-state index contributed by atoms with van der Waals surface area (Å²) in [5, 5.41) is 8.89. The highest BCUT2D eigenvalue weighted by molar-refractivity contribution is 6.32. The van der Waals surface area contributed by atoms with Gasteiger partial charge >= 0.3 is 11.9 Å². The van der Waals surface area contributed by atoms with E-state index in [1.165, 1.54) is 0 Å². The number of nitrogens with zero attached hydrogens (tertiary/aromatic N) is 1. The van der Waals surface area contributed by atoms with Crippen molar-refractivity contribution in [2.24, 2.45) is 4.99 Å². The van der Waals surface area contributed by atoms with Crippen molar-refractivity contribution in [3.63, 3.8) is 0 Å². The Kier molecular flexibility index (Phi) is 6.54. The van der Waals surface area contributed by atoms with E-state index in [0.29, 0.717) is 23.4 Å². The lowest BCUT2D eigenvalue weighted by Crippen LogP contribution is -2.09. The Morgan fingerprint density at radius 3 is 2.72 bits per heavy atom. The summed E-state index contributed by atoms with van der Waals surface area (Å²) in [4.78, 5) is 26.5. The maximum absolute atomic E-state index is 11.7. The maximum Gasteiger partial charge on any atom is 0.341 e. The van der Waals surface area contributed by atoms with Gasteiger partial charge < -0.3 is 14.6 Å². The molecule has 2 rings (SSSR count). The van der Waals surface area contributed by atoms with Gasteiger partial charge in [-0.05, 0) is 48.9 Å². The molecule has 130 valence electrons. The summed E-state index contributed by atoms with van der Waals surface area (Å²) in [7, 11) is 0. The number of halogens is 1. The Morgan fingerprint density at radius 1 is 1.24 bits per heavy atom. The quantitative estimate of drug-likeness (QED) is 0.600. The molecule has 6 nitrogen and oxygen atoms in total. The van der Waals surface area contributed by atoms with Crippen LogP contribution in [0.3, 0.4) is 0 Å². The molecule has 2 aromatic carbocycles. The Balaban J connectivity index is 2.11. The third-order valence-electron chi connectivity index (χ3n) is 3.03. The number of aliphatic carboxylic acids is 1. The van der Waals surface area contributed by atoms with E-state index in [2.05, 4.69) is 4.99 Å². The summed E-state index contributed by atoms with van der Waals surface area (Å²) in [6.07, 6.45) is 1.58. The summed E-state index contributed by atoms with van der Waals surface area (Å²) in [5.74, 6) is -1.20. The first-order valence-electron chi connectivity index (χ1n) is 7.45. The summed E-state index contributed by atoms with van der Waals surface area (Å²) >= 11 is 6.06. The molecule has 0 saturated carbocycles. The average Bonchev–Trinajstić information content (AvgIpc) is 2.59. The number of ether oxygens (including phenoxy) is 2. The second kappa shape index (κ2) is 8.84. The highest BCUT2D eigenvalue weighted by Crippen LogP contribution is 2.25. The van der Waals surface area contributed by atoms with Gasteiger partial charge in [-0.15, -0.1) is 0 Å². The summed E-state index contributed by atoms with van der Waals surface area (Å²) < 4.78 is 10.0. The molecule has 0 unspecified atom stereocenters. The van der Waals surface area contributed by atoms with Crippen LogP contribution in [0.15, 0.2) is 47.5 Å². The van der Waals surface area contributed by atoms with Crippen LogP contribution >= 0.6 is 11.6 Å². The summed E-state index contributed by atoms with van der Waals surface area (Å²) in [6.45, 7) is 1.59. The standard InChI is InChI=1S/C18H16ClNO5/c1-2-24-18(23)13-4-3-5-14(9-13)20-10-12-6-7-16(15(19)8-12)25-11-17(21)22/h3-10H,2,11H2,1H3,(H,21,22). The van der Waals surface area contributed by atoms with E-state index in [1.807, 2.05) is 0 Å². The lowest BCUT2D eigenvalue weighted by Gasteiger charge is -2.06. The van der Waals surface area contributed by atoms with Gasteiger partial charge in [0.15, 0.2) is 6.61 Å². The fourth-order valence-electron chi connectivity index (χ4n) is 1.93. The van der Waals surface area contributed by atoms with Gasteiger partial charge in [-0.1, -0.05) is 17.7 Å². The SMILES string of the molecule is CCOC(=O)c1cccc(N=Cc2ccc(OCC(=O)O)c(Cl)c2)c1. The molecular weight excluding hydrogens is 346 g/mol. The third kappa shape index (κ3) is 5.61. The number of esters is 1. The molecule has 0 radical (unpaired) electrons. The van der Waals surface area contributed by atoms with E-state index in [-0.39, 0.29) is 10.8 Å². The smallest absolute Gasteiger partial charge is 0.341 e. The van der Waals surface area contributed by atoms with Crippen molar-refractivity contribution in [1.82, 2.24) is 0 Å². The van der Waals surface area contributed by atoms with Crippen molar-refractivity contribution < 1.29 is 24.2 Å². The fraction of sp³-hybridized carbons (Fsp3) is 0.167. The second-order valence-corrected chi connectivity index (χ2v) is 5.31. The number of hydrogen-bond donors (Lipinski definition) is 1. The van der Waals surface area contributed by atoms with Crippen LogP contribution in [0.4, 0.5) is 5.69 Å². The van der Waals surface area contributed by atoms with Gasteiger partial charge in [-0.2, -0.15) is 0 Å². The molecule has 25 heavy (non-hydrogen) atoms. The molecule has 7 heteroatoms. The van der Waals surface area contributed by atoms with Crippen molar-refractivity contribution in [3.05, 3.63) is 58.6 Å². The number of carbonyl (C=O) groups is 2. The number of carboxylic acids is 1. The molecule has 0 aliphatic rings. The molecule has 0 atom stereocenters. The van der Waals surface area contributed by atoms with E-state index in [0.717, 1.165) is 0 Å². The molecule has 0 spiro atoms. The number of benzene rings is 2. The van der Waals surface area contributed by atoms with Gasteiger partial charge in [0.1, 0.15) is 5.75 Å². The Morgan fingerprint density at radius 2 is 2.04 bits per heavy atom. The lowest BCUT2D eigenvalue weighted by atomic mass is 10.2. The van der Waals surface area contributed by atoms with E-state index >= 15 is 0 Å². The minimum absolute atomic E-state index is 0.283. The predicted molar refractivity (Wildman–Crippen MR) is 94.2 cm³/mol. The molecule has 0 heterocycles. The highest BCUT2D eigenvalue weighted by Gasteiger charge is 2.07. The predicted octanol–water partition coefficient (Wildman–Crippen LogP) is 3.73. The fourth-order valence-corrected chi connectivity index (χ4v) is 2.17. The largest absolute Gasteiger partial charge is 0.480 e. The maximum atomic E-state index is 11.7. The van der Waals surface area contributed by atoms with Gasteiger partial charge in [0.25, 0.3) is 0 Å². The summed E-state index contributed by atoms with van der Waals surface area (Å²) in [5.41, 5.74) is 1.72. The van der Waals surface area contributed by atoms with Crippen LogP contribution in [0.5, 0.6) is 5.75 Å². The number of hydrogen-bond acceptors (Lipinski definition) is 5. The molecule has 0 aliphatic carbocycles.